The standard InChI is InChI=1S/C23H28N2O6/c1-23(2,3)31-19(26)14-25-18(12-11-17-10-7-13-29-17)20(21(25)27)24-22(28)30-15-16-8-5-4-6-9-16/h4-10,13,18,20H,11-12,14-15H2,1-3H3,(H,24,28)/t18-,20+/m0/s1. The van der Waals surface area contributed by atoms with Crippen LogP contribution in [0.4, 0.5) is 4.79 Å². The Hall–Kier alpha value is -3.29. The molecule has 0 unspecified atom stereocenters. The van der Waals surface area contributed by atoms with Crippen LogP contribution in [0.1, 0.15) is 38.5 Å². The van der Waals surface area contributed by atoms with Crippen molar-refractivity contribution >= 4 is 18.0 Å². The lowest BCUT2D eigenvalue weighted by Crippen LogP contribution is -2.71. The predicted molar refractivity (Wildman–Crippen MR) is 112 cm³/mol. The molecule has 0 spiro atoms. The van der Waals surface area contributed by atoms with E-state index in [0.29, 0.717) is 12.8 Å². The number of esters is 1. The lowest BCUT2D eigenvalue weighted by Gasteiger charge is -2.46. The zero-order valence-corrected chi connectivity index (χ0v) is 18.0. The van der Waals surface area contributed by atoms with Crippen molar-refractivity contribution in [2.75, 3.05) is 6.54 Å². The fraction of sp³-hybridized carbons (Fsp3) is 0.435. The molecule has 1 aromatic heterocycles. The highest BCUT2D eigenvalue weighted by molar-refractivity contribution is 5.94. The summed E-state index contributed by atoms with van der Waals surface area (Å²) in [6.45, 7) is 5.24. The maximum Gasteiger partial charge on any atom is 0.408 e. The molecule has 2 heterocycles. The number of furan rings is 1. The Labute approximate surface area is 181 Å². The molecule has 31 heavy (non-hydrogen) atoms. The number of hydrogen-bond donors (Lipinski definition) is 1. The number of aryl methyl sites for hydroxylation is 1. The van der Waals surface area contributed by atoms with Crippen LogP contribution >= 0.6 is 0 Å². The van der Waals surface area contributed by atoms with Crippen molar-refractivity contribution in [3.8, 4) is 0 Å². The Morgan fingerprint density at radius 1 is 1.13 bits per heavy atom. The second kappa shape index (κ2) is 9.68. The Bertz CT molecular complexity index is 889. The van der Waals surface area contributed by atoms with Crippen LogP contribution in [0, 0.1) is 0 Å². The largest absolute Gasteiger partial charge is 0.469 e. The number of benzene rings is 1. The highest BCUT2D eigenvalue weighted by Crippen LogP contribution is 2.25. The van der Waals surface area contributed by atoms with Gasteiger partial charge in [-0.2, -0.15) is 0 Å². The molecule has 8 nitrogen and oxygen atoms in total. The van der Waals surface area contributed by atoms with Crippen LogP contribution in [0.3, 0.4) is 0 Å². The van der Waals surface area contributed by atoms with E-state index in [1.807, 2.05) is 36.4 Å². The molecule has 2 atom stereocenters. The summed E-state index contributed by atoms with van der Waals surface area (Å²) in [5, 5.41) is 2.63. The van der Waals surface area contributed by atoms with Gasteiger partial charge in [-0.15, -0.1) is 0 Å². The molecular weight excluding hydrogens is 400 g/mol. The number of alkyl carbamates (subject to hydrolysis) is 1. The molecular formula is C23H28N2O6. The predicted octanol–water partition coefficient (Wildman–Crippen LogP) is 3.06. The highest BCUT2D eigenvalue weighted by atomic mass is 16.6. The first-order valence-electron chi connectivity index (χ1n) is 10.2. The van der Waals surface area contributed by atoms with Gasteiger partial charge in [-0.3, -0.25) is 9.59 Å². The molecule has 3 rings (SSSR count). The van der Waals surface area contributed by atoms with E-state index in [2.05, 4.69) is 5.32 Å². The van der Waals surface area contributed by atoms with Gasteiger partial charge in [-0.05, 0) is 44.9 Å². The minimum absolute atomic E-state index is 0.103. The van der Waals surface area contributed by atoms with Crippen LogP contribution in [-0.2, 0) is 32.1 Å². The first-order chi connectivity index (χ1) is 14.7. The summed E-state index contributed by atoms with van der Waals surface area (Å²) in [4.78, 5) is 38.6. The summed E-state index contributed by atoms with van der Waals surface area (Å²) in [5.74, 6) is -0.0668. The molecule has 0 aliphatic carbocycles. The first-order valence-corrected chi connectivity index (χ1v) is 10.2. The van der Waals surface area contributed by atoms with Crippen LogP contribution in [0.25, 0.3) is 0 Å². The van der Waals surface area contributed by atoms with E-state index in [1.165, 1.54) is 4.90 Å². The van der Waals surface area contributed by atoms with Crippen molar-refractivity contribution in [1.82, 2.24) is 10.2 Å². The van der Waals surface area contributed by atoms with Crippen molar-refractivity contribution in [3.05, 3.63) is 60.1 Å². The lowest BCUT2D eigenvalue weighted by molar-refractivity contribution is -0.167. The molecule has 1 fully saturated rings. The van der Waals surface area contributed by atoms with E-state index >= 15 is 0 Å². The van der Waals surface area contributed by atoms with Gasteiger partial charge in [0.2, 0.25) is 5.91 Å². The molecule has 0 saturated carbocycles. The van der Waals surface area contributed by atoms with E-state index in [0.717, 1.165) is 11.3 Å². The number of β-lactam (4-membered cyclic amide) rings is 1. The van der Waals surface area contributed by atoms with Crippen molar-refractivity contribution < 1.29 is 28.3 Å². The molecule has 0 radical (unpaired) electrons. The smallest absolute Gasteiger partial charge is 0.408 e. The summed E-state index contributed by atoms with van der Waals surface area (Å²) >= 11 is 0. The van der Waals surface area contributed by atoms with E-state index in [1.54, 1.807) is 33.1 Å². The van der Waals surface area contributed by atoms with Gasteiger partial charge in [-0.25, -0.2) is 4.79 Å². The van der Waals surface area contributed by atoms with Gasteiger partial charge in [0.25, 0.3) is 0 Å². The summed E-state index contributed by atoms with van der Waals surface area (Å²) in [6.07, 6.45) is 1.98. The highest BCUT2D eigenvalue weighted by Gasteiger charge is 2.49. The number of carbonyl (C=O) groups is 3. The fourth-order valence-electron chi connectivity index (χ4n) is 3.43. The van der Waals surface area contributed by atoms with Gasteiger partial charge in [0.1, 0.15) is 30.6 Å². The third-order valence-electron chi connectivity index (χ3n) is 4.81. The Balaban J connectivity index is 1.59. The van der Waals surface area contributed by atoms with Crippen LogP contribution in [0.2, 0.25) is 0 Å². The Kier molecular flexibility index (Phi) is 6.99. The van der Waals surface area contributed by atoms with Crippen molar-refractivity contribution in [2.45, 2.75) is 57.9 Å². The van der Waals surface area contributed by atoms with Crippen LogP contribution in [0.5, 0.6) is 0 Å². The number of nitrogens with one attached hydrogen (secondary N) is 1. The number of nitrogens with zero attached hydrogens (tertiary/aromatic N) is 1. The quantitative estimate of drug-likeness (QED) is 0.513. The summed E-state index contributed by atoms with van der Waals surface area (Å²) in [5.41, 5.74) is 0.201. The minimum Gasteiger partial charge on any atom is -0.469 e. The molecule has 0 bridgehead atoms. The average Bonchev–Trinajstić information content (AvgIpc) is 3.23. The third-order valence-corrected chi connectivity index (χ3v) is 4.81. The molecule has 166 valence electrons. The number of rotatable bonds is 8. The van der Waals surface area contributed by atoms with Gasteiger partial charge in [0.15, 0.2) is 0 Å². The van der Waals surface area contributed by atoms with Crippen LogP contribution < -0.4 is 5.32 Å². The first kappa shape index (κ1) is 22.4. The zero-order valence-electron chi connectivity index (χ0n) is 18.0. The number of likely N-dealkylation sites (tertiary alicyclic amines) is 1. The molecule has 8 heteroatoms. The second-order valence-electron chi connectivity index (χ2n) is 8.42. The van der Waals surface area contributed by atoms with Gasteiger partial charge in [0.05, 0.1) is 12.3 Å². The monoisotopic (exact) mass is 428 g/mol. The molecule has 1 saturated heterocycles. The van der Waals surface area contributed by atoms with Gasteiger partial charge in [-0.1, -0.05) is 30.3 Å². The molecule has 1 aliphatic heterocycles. The summed E-state index contributed by atoms with van der Waals surface area (Å²) in [7, 11) is 0. The molecule has 1 aliphatic rings. The SMILES string of the molecule is CC(C)(C)OC(=O)CN1C(=O)[C@H](NC(=O)OCc2ccccc2)[C@@H]1CCc1ccco1. The number of hydrogen-bond acceptors (Lipinski definition) is 6. The van der Waals surface area contributed by atoms with Gasteiger partial charge in [0, 0.05) is 6.42 Å². The second-order valence-corrected chi connectivity index (χ2v) is 8.42. The maximum absolute atomic E-state index is 12.7. The van der Waals surface area contributed by atoms with Crippen LogP contribution in [0.15, 0.2) is 53.1 Å². The van der Waals surface area contributed by atoms with E-state index < -0.39 is 23.7 Å². The topological polar surface area (TPSA) is 98.1 Å². The molecule has 1 N–H and O–H groups in total. The number of ether oxygens (including phenoxy) is 2. The van der Waals surface area contributed by atoms with Gasteiger partial charge >= 0.3 is 12.1 Å². The summed E-state index contributed by atoms with van der Waals surface area (Å²) in [6, 6.07) is 11.8. The number of carbonyl (C=O) groups excluding carboxylic acids is 3. The Morgan fingerprint density at radius 3 is 2.52 bits per heavy atom. The Morgan fingerprint density at radius 2 is 1.87 bits per heavy atom. The third kappa shape index (κ3) is 6.34. The molecule has 2 amide bonds. The van der Waals surface area contributed by atoms with Gasteiger partial charge < -0.3 is 24.1 Å². The van der Waals surface area contributed by atoms with E-state index in [4.69, 9.17) is 13.9 Å². The normalized spacial score (nSPS) is 18.3. The molecule has 1 aromatic carbocycles. The average molecular weight is 428 g/mol. The van der Waals surface area contributed by atoms with Crippen LogP contribution in [-0.4, -0.2) is 47.1 Å². The van der Waals surface area contributed by atoms with Crippen molar-refractivity contribution in [2.24, 2.45) is 0 Å². The number of amides is 2. The maximum atomic E-state index is 12.7. The zero-order chi connectivity index (χ0) is 22.4. The van der Waals surface area contributed by atoms with E-state index in [-0.39, 0.29) is 25.1 Å². The fourth-order valence-corrected chi connectivity index (χ4v) is 3.43. The van der Waals surface area contributed by atoms with E-state index in [9.17, 15) is 14.4 Å². The van der Waals surface area contributed by atoms with Crippen molar-refractivity contribution in [3.63, 3.8) is 0 Å². The lowest BCUT2D eigenvalue weighted by atomic mass is 9.90. The summed E-state index contributed by atoms with van der Waals surface area (Å²) < 4.78 is 15.9. The minimum atomic E-state index is -0.763. The van der Waals surface area contributed by atoms with Crippen molar-refractivity contribution in [1.29, 1.82) is 0 Å². The molecule has 2 aromatic rings.